The number of ether oxygens (including phenoxy) is 1. The van der Waals surface area contributed by atoms with Crippen molar-refractivity contribution < 1.29 is 14.6 Å². The largest absolute Gasteiger partial charge is 0.508 e. The summed E-state index contributed by atoms with van der Waals surface area (Å²) < 4.78 is 5.02. The summed E-state index contributed by atoms with van der Waals surface area (Å²) in [5.74, 6) is -0.0460. The second-order valence-corrected chi connectivity index (χ2v) is 3.55. The molecule has 1 N–H and O–H groups in total. The van der Waals surface area contributed by atoms with Crippen LogP contribution in [0.1, 0.15) is 18.9 Å². The minimum atomic E-state index is -0.317. The van der Waals surface area contributed by atoms with Crippen molar-refractivity contribution in [1.82, 2.24) is 0 Å². The van der Waals surface area contributed by atoms with Gasteiger partial charge < -0.3 is 9.84 Å². The minimum Gasteiger partial charge on any atom is -0.508 e. The quantitative estimate of drug-likeness (QED) is 0.612. The van der Waals surface area contributed by atoms with Crippen molar-refractivity contribution in [3.05, 3.63) is 42.5 Å². The van der Waals surface area contributed by atoms with E-state index in [4.69, 9.17) is 4.74 Å². The van der Waals surface area contributed by atoms with E-state index in [0.29, 0.717) is 12.8 Å². The average molecular weight is 220 g/mol. The first kappa shape index (κ1) is 12.3. The van der Waals surface area contributed by atoms with E-state index in [1.807, 2.05) is 12.1 Å². The van der Waals surface area contributed by atoms with Gasteiger partial charge in [0.15, 0.2) is 0 Å². The Hall–Kier alpha value is -1.77. The van der Waals surface area contributed by atoms with Crippen molar-refractivity contribution in [1.29, 1.82) is 0 Å². The molecule has 0 saturated carbocycles. The first-order chi connectivity index (χ1) is 7.63. The standard InChI is InChI=1S/C13H16O3/c1-3-12(16-10(2)14)9-8-11-6-4-5-7-13(11)15/h3-7,12,15H,1,8-9H2,2H3. The summed E-state index contributed by atoms with van der Waals surface area (Å²) in [7, 11) is 0. The number of hydrogen-bond donors (Lipinski definition) is 1. The molecule has 1 unspecified atom stereocenters. The summed E-state index contributed by atoms with van der Waals surface area (Å²) >= 11 is 0. The van der Waals surface area contributed by atoms with Gasteiger partial charge in [0, 0.05) is 6.92 Å². The number of esters is 1. The molecule has 0 heterocycles. The highest BCUT2D eigenvalue weighted by atomic mass is 16.5. The maximum Gasteiger partial charge on any atom is 0.303 e. The number of para-hydroxylation sites is 1. The fourth-order valence-corrected chi connectivity index (χ4v) is 1.46. The van der Waals surface area contributed by atoms with E-state index in [-0.39, 0.29) is 17.8 Å². The smallest absolute Gasteiger partial charge is 0.303 e. The zero-order valence-corrected chi connectivity index (χ0v) is 9.35. The van der Waals surface area contributed by atoms with E-state index in [1.165, 1.54) is 6.92 Å². The van der Waals surface area contributed by atoms with Crippen molar-refractivity contribution in [2.75, 3.05) is 0 Å². The monoisotopic (exact) mass is 220 g/mol. The number of carbonyl (C=O) groups excluding carboxylic acids is 1. The van der Waals surface area contributed by atoms with E-state index in [1.54, 1.807) is 18.2 Å². The summed E-state index contributed by atoms with van der Waals surface area (Å²) in [5, 5.41) is 9.54. The predicted molar refractivity (Wildman–Crippen MR) is 62.2 cm³/mol. The summed E-state index contributed by atoms with van der Waals surface area (Å²) in [6.45, 7) is 4.98. The maximum absolute atomic E-state index is 10.8. The third-order valence-corrected chi connectivity index (χ3v) is 2.27. The van der Waals surface area contributed by atoms with Gasteiger partial charge in [-0.1, -0.05) is 30.9 Å². The topological polar surface area (TPSA) is 46.5 Å². The van der Waals surface area contributed by atoms with Crippen LogP contribution in [-0.4, -0.2) is 17.2 Å². The van der Waals surface area contributed by atoms with Gasteiger partial charge in [0.2, 0.25) is 0 Å². The summed E-state index contributed by atoms with van der Waals surface area (Å²) in [6.07, 6.45) is 2.58. The highest BCUT2D eigenvalue weighted by molar-refractivity contribution is 5.66. The van der Waals surface area contributed by atoms with Crippen LogP contribution in [0.2, 0.25) is 0 Å². The van der Waals surface area contributed by atoms with Crippen molar-refractivity contribution in [3.63, 3.8) is 0 Å². The first-order valence-electron chi connectivity index (χ1n) is 5.20. The van der Waals surface area contributed by atoms with Crippen LogP contribution >= 0.6 is 0 Å². The summed E-state index contributed by atoms with van der Waals surface area (Å²) in [5.41, 5.74) is 0.849. The van der Waals surface area contributed by atoms with E-state index in [9.17, 15) is 9.90 Å². The van der Waals surface area contributed by atoms with E-state index < -0.39 is 0 Å². The Morgan fingerprint density at radius 3 is 2.81 bits per heavy atom. The third-order valence-electron chi connectivity index (χ3n) is 2.27. The van der Waals surface area contributed by atoms with Crippen molar-refractivity contribution in [2.24, 2.45) is 0 Å². The number of aromatic hydroxyl groups is 1. The molecule has 1 aromatic carbocycles. The molecule has 0 aliphatic heterocycles. The minimum absolute atomic E-state index is 0.271. The van der Waals surface area contributed by atoms with Gasteiger partial charge >= 0.3 is 5.97 Å². The van der Waals surface area contributed by atoms with E-state index >= 15 is 0 Å². The molecule has 1 atom stereocenters. The van der Waals surface area contributed by atoms with Crippen molar-refractivity contribution >= 4 is 5.97 Å². The highest BCUT2D eigenvalue weighted by Gasteiger charge is 2.09. The van der Waals surface area contributed by atoms with Gasteiger partial charge in [0.25, 0.3) is 0 Å². The molecule has 0 radical (unpaired) electrons. The SMILES string of the molecule is C=CC(CCc1ccccc1O)OC(C)=O. The van der Waals surface area contributed by atoms with E-state index in [0.717, 1.165) is 5.56 Å². The molecule has 3 heteroatoms. The van der Waals surface area contributed by atoms with Gasteiger partial charge in [0.05, 0.1) is 0 Å². The number of rotatable bonds is 5. The van der Waals surface area contributed by atoms with Crippen LogP contribution in [0, 0.1) is 0 Å². The molecule has 0 bridgehead atoms. The number of carbonyl (C=O) groups is 1. The number of phenolic OH excluding ortho intramolecular Hbond substituents is 1. The number of aryl methyl sites for hydroxylation is 1. The van der Waals surface area contributed by atoms with Crippen LogP contribution in [0.4, 0.5) is 0 Å². The van der Waals surface area contributed by atoms with Crippen LogP contribution in [0.3, 0.4) is 0 Å². The van der Waals surface area contributed by atoms with Gasteiger partial charge in [-0.15, -0.1) is 0 Å². The summed E-state index contributed by atoms with van der Waals surface area (Å²) in [6, 6.07) is 7.13. The Labute approximate surface area is 95.4 Å². The zero-order chi connectivity index (χ0) is 12.0. The van der Waals surface area contributed by atoms with Crippen LogP contribution < -0.4 is 0 Å². The predicted octanol–water partition coefficient (Wildman–Crippen LogP) is 2.44. The molecule has 3 nitrogen and oxygen atoms in total. The highest BCUT2D eigenvalue weighted by Crippen LogP contribution is 2.18. The fourth-order valence-electron chi connectivity index (χ4n) is 1.46. The second-order valence-electron chi connectivity index (χ2n) is 3.55. The first-order valence-corrected chi connectivity index (χ1v) is 5.20. The molecule has 1 aromatic rings. The maximum atomic E-state index is 10.8. The normalized spacial score (nSPS) is 11.8. The molecule has 1 rings (SSSR count). The molecule has 0 amide bonds. The lowest BCUT2D eigenvalue weighted by Crippen LogP contribution is -2.14. The van der Waals surface area contributed by atoms with Crippen LogP contribution in [0.25, 0.3) is 0 Å². The average Bonchev–Trinajstić information content (AvgIpc) is 2.25. The molecule has 0 spiro atoms. The van der Waals surface area contributed by atoms with Crippen molar-refractivity contribution in [2.45, 2.75) is 25.9 Å². The van der Waals surface area contributed by atoms with E-state index in [2.05, 4.69) is 6.58 Å². The van der Waals surface area contributed by atoms with Crippen molar-refractivity contribution in [3.8, 4) is 5.75 Å². The third kappa shape index (κ3) is 3.77. The molecule has 16 heavy (non-hydrogen) atoms. The lowest BCUT2D eigenvalue weighted by atomic mass is 10.1. The van der Waals surface area contributed by atoms with Gasteiger partial charge in [-0.05, 0) is 24.5 Å². The van der Waals surface area contributed by atoms with Gasteiger partial charge in [0.1, 0.15) is 11.9 Å². The lowest BCUT2D eigenvalue weighted by molar-refractivity contribution is -0.144. The fraction of sp³-hybridized carbons (Fsp3) is 0.308. The number of hydrogen-bond acceptors (Lipinski definition) is 3. The molecular formula is C13H16O3. The number of phenols is 1. The molecule has 0 aliphatic carbocycles. The zero-order valence-electron chi connectivity index (χ0n) is 9.35. The lowest BCUT2D eigenvalue weighted by Gasteiger charge is -2.12. The molecule has 0 fully saturated rings. The van der Waals surface area contributed by atoms with Crippen LogP contribution in [0.15, 0.2) is 36.9 Å². The second kappa shape index (κ2) is 5.95. The molecule has 0 aromatic heterocycles. The van der Waals surface area contributed by atoms with Crippen LogP contribution in [-0.2, 0) is 16.0 Å². The number of benzene rings is 1. The van der Waals surface area contributed by atoms with Gasteiger partial charge in [-0.25, -0.2) is 0 Å². The molecule has 86 valence electrons. The van der Waals surface area contributed by atoms with Gasteiger partial charge in [-0.3, -0.25) is 4.79 Å². The molecule has 0 saturated heterocycles. The Kier molecular flexibility index (Phi) is 4.58. The Morgan fingerprint density at radius 1 is 1.56 bits per heavy atom. The Balaban J connectivity index is 2.53. The Bertz CT molecular complexity index is 371. The van der Waals surface area contributed by atoms with Gasteiger partial charge in [-0.2, -0.15) is 0 Å². The molecular weight excluding hydrogens is 204 g/mol. The summed E-state index contributed by atoms with van der Waals surface area (Å²) in [4.78, 5) is 10.8. The Morgan fingerprint density at radius 2 is 2.25 bits per heavy atom. The molecule has 0 aliphatic rings. The van der Waals surface area contributed by atoms with Crippen LogP contribution in [0.5, 0.6) is 5.75 Å².